The number of carbonyl (C=O) groups excluding carboxylic acids is 1. The van der Waals surface area contributed by atoms with E-state index in [2.05, 4.69) is 26.1 Å². The number of nitrogens with zero attached hydrogens (tertiary/aromatic N) is 1. The van der Waals surface area contributed by atoms with Crippen LogP contribution in [0.15, 0.2) is 24.3 Å². The van der Waals surface area contributed by atoms with E-state index in [1.165, 1.54) is 4.90 Å². The molecule has 0 heterocycles. The van der Waals surface area contributed by atoms with Crippen molar-refractivity contribution in [3.63, 3.8) is 0 Å². The van der Waals surface area contributed by atoms with E-state index in [1.807, 2.05) is 24.3 Å². The Hall–Kier alpha value is -1.55. The van der Waals surface area contributed by atoms with Gasteiger partial charge in [-0.1, -0.05) is 39.0 Å². The highest BCUT2D eigenvalue weighted by Gasteiger charge is 2.20. The number of anilines is 1. The Morgan fingerprint density at radius 3 is 2.47 bits per heavy atom. The van der Waals surface area contributed by atoms with Gasteiger partial charge >= 0.3 is 6.03 Å². The Kier molecular flexibility index (Phi) is 4.95. The monoisotopic (exact) mass is 264 g/mol. The second-order valence-corrected chi connectivity index (χ2v) is 5.87. The normalized spacial score (nSPS) is 12.9. The number of carbonyl (C=O) groups is 1. The lowest BCUT2D eigenvalue weighted by Crippen LogP contribution is -2.40. The highest BCUT2D eigenvalue weighted by Crippen LogP contribution is 2.29. The van der Waals surface area contributed by atoms with Crippen molar-refractivity contribution in [1.29, 1.82) is 0 Å². The summed E-state index contributed by atoms with van der Waals surface area (Å²) in [4.78, 5) is 13.6. The van der Waals surface area contributed by atoms with Gasteiger partial charge in [0.25, 0.3) is 0 Å². The number of para-hydroxylation sites is 1. The predicted octanol–water partition coefficient (Wildman–Crippen LogP) is 2.83. The summed E-state index contributed by atoms with van der Waals surface area (Å²) in [5, 5.41) is 12.0. The molecule has 2 amide bonds. The topological polar surface area (TPSA) is 52.6 Å². The molecule has 1 unspecified atom stereocenters. The first-order valence-corrected chi connectivity index (χ1v) is 6.51. The van der Waals surface area contributed by atoms with E-state index >= 15 is 0 Å². The van der Waals surface area contributed by atoms with E-state index in [1.54, 1.807) is 14.0 Å². The molecule has 2 N–H and O–H groups in total. The van der Waals surface area contributed by atoms with Crippen LogP contribution in [0.25, 0.3) is 0 Å². The summed E-state index contributed by atoms with van der Waals surface area (Å²) in [6, 6.07) is 7.37. The summed E-state index contributed by atoms with van der Waals surface area (Å²) in [5.74, 6) is 0. The minimum absolute atomic E-state index is 0.0367. The Morgan fingerprint density at radius 2 is 1.95 bits per heavy atom. The third-order valence-corrected chi connectivity index (χ3v) is 3.22. The molecule has 4 nitrogen and oxygen atoms in total. The van der Waals surface area contributed by atoms with Crippen LogP contribution >= 0.6 is 0 Å². The minimum Gasteiger partial charge on any atom is -0.394 e. The number of nitrogens with one attached hydrogen (secondary N) is 1. The van der Waals surface area contributed by atoms with Crippen LogP contribution in [0.2, 0.25) is 0 Å². The molecule has 19 heavy (non-hydrogen) atoms. The highest BCUT2D eigenvalue weighted by molar-refractivity contribution is 5.90. The molecule has 0 bridgehead atoms. The first-order valence-electron chi connectivity index (χ1n) is 6.51. The minimum atomic E-state index is -0.210. The molecule has 0 aliphatic rings. The molecule has 1 aromatic carbocycles. The standard InChI is InChI=1S/C15H24N2O2/c1-11(10-18)17(5)14(19)16-13-9-7-6-8-12(13)15(2,3)4/h6-9,11,18H,10H2,1-5H3,(H,16,19). The lowest BCUT2D eigenvalue weighted by atomic mass is 9.86. The zero-order valence-electron chi connectivity index (χ0n) is 12.4. The van der Waals surface area contributed by atoms with Crippen molar-refractivity contribution in [2.45, 2.75) is 39.2 Å². The van der Waals surface area contributed by atoms with Crippen molar-refractivity contribution in [3.8, 4) is 0 Å². The molecule has 0 radical (unpaired) electrons. The van der Waals surface area contributed by atoms with Gasteiger partial charge in [-0.15, -0.1) is 0 Å². The number of aliphatic hydroxyl groups is 1. The average Bonchev–Trinajstić information content (AvgIpc) is 2.36. The van der Waals surface area contributed by atoms with E-state index in [-0.39, 0.29) is 24.1 Å². The van der Waals surface area contributed by atoms with Gasteiger partial charge in [0.1, 0.15) is 0 Å². The van der Waals surface area contributed by atoms with Gasteiger partial charge in [0.15, 0.2) is 0 Å². The van der Waals surface area contributed by atoms with Gasteiger partial charge in [-0.25, -0.2) is 4.79 Å². The molecule has 0 aromatic heterocycles. The number of hydrogen-bond donors (Lipinski definition) is 2. The molecule has 0 saturated heterocycles. The van der Waals surface area contributed by atoms with Crippen LogP contribution in [0.5, 0.6) is 0 Å². The molecule has 1 rings (SSSR count). The average molecular weight is 264 g/mol. The van der Waals surface area contributed by atoms with Gasteiger partial charge in [-0.05, 0) is 24.0 Å². The van der Waals surface area contributed by atoms with Crippen molar-refractivity contribution in [2.75, 3.05) is 19.0 Å². The third-order valence-electron chi connectivity index (χ3n) is 3.22. The fourth-order valence-electron chi connectivity index (χ4n) is 1.77. The first-order chi connectivity index (χ1) is 8.77. The van der Waals surface area contributed by atoms with Crippen LogP contribution < -0.4 is 5.32 Å². The quantitative estimate of drug-likeness (QED) is 0.882. The summed E-state index contributed by atoms with van der Waals surface area (Å²) in [5.41, 5.74) is 1.87. The Balaban J connectivity index is 2.92. The second-order valence-electron chi connectivity index (χ2n) is 5.87. The van der Waals surface area contributed by atoms with Gasteiger partial charge in [0.05, 0.1) is 12.6 Å². The zero-order chi connectivity index (χ0) is 14.6. The molecule has 0 saturated carbocycles. The van der Waals surface area contributed by atoms with Crippen molar-refractivity contribution in [1.82, 2.24) is 4.90 Å². The lowest BCUT2D eigenvalue weighted by molar-refractivity contribution is 0.166. The number of urea groups is 1. The first kappa shape index (κ1) is 15.5. The van der Waals surface area contributed by atoms with Gasteiger partial charge in [-0.2, -0.15) is 0 Å². The van der Waals surface area contributed by atoms with Crippen molar-refractivity contribution < 1.29 is 9.90 Å². The van der Waals surface area contributed by atoms with E-state index in [0.717, 1.165) is 11.3 Å². The van der Waals surface area contributed by atoms with Crippen LogP contribution in [-0.2, 0) is 5.41 Å². The van der Waals surface area contributed by atoms with E-state index in [0.29, 0.717) is 0 Å². The van der Waals surface area contributed by atoms with Crippen molar-refractivity contribution in [2.24, 2.45) is 0 Å². The fraction of sp³-hybridized carbons (Fsp3) is 0.533. The lowest BCUT2D eigenvalue weighted by Gasteiger charge is -2.27. The van der Waals surface area contributed by atoms with Crippen LogP contribution in [-0.4, -0.2) is 35.7 Å². The number of benzene rings is 1. The maximum Gasteiger partial charge on any atom is 0.321 e. The Labute approximate surface area is 115 Å². The van der Waals surface area contributed by atoms with Gasteiger partial charge in [0.2, 0.25) is 0 Å². The van der Waals surface area contributed by atoms with Gasteiger partial charge < -0.3 is 15.3 Å². The summed E-state index contributed by atoms with van der Waals surface area (Å²) in [7, 11) is 1.68. The molecular weight excluding hydrogens is 240 g/mol. The second kappa shape index (κ2) is 6.06. The van der Waals surface area contributed by atoms with Crippen molar-refractivity contribution in [3.05, 3.63) is 29.8 Å². The van der Waals surface area contributed by atoms with Gasteiger partial charge in [-0.3, -0.25) is 0 Å². The van der Waals surface area contributed by atoms with Crippen molar-refractivity contribution >= 4 is 11.7 Å². The van der Waals surface area contributed by atoms with Crippen LogP contribution in [0.4, 0.5) is 10.5 Å². The van der Waals surface area contributed by atoms with Crippen LogP contribution in [0.1, 0.15) is 33.3 Å². The molecule has 1 atom stereocenters. The number of rotatable bonds is 3. The fourth-order valence-corrected chi connectivity index (χ4v) is 1.77. The number of likely N-dealkylation sites (N-methyl/N-ethyl adjacent to an activating group) is 1. The molecule has 0 aliphatic carbocycles. The molecule has 0 fully saturated rings. The number of amides is 2. The number of aliphatic hydroxyl groups excluding tert-OH is 1. The highest BCUT2D eigenvalue weighted by atomic mass is 16.3. The Bertz CT molecular complexity index is 438. The van der Waals surface area contributed by atoms with E-state index in [4.69, 9.17) is 5.11 Å². The maximum absolute atomic E-state index is 12.1. The predicted molar refractivity (Wildman–Crippen MR) is 78.5 cm³/mol. The molecule has 1 aromatic rings. The summed E-state index contributed by atoms with van der Waals surface area (Å²) in [6.07, 6.45) is 0. The van der Waals surface area contributed by atoms with E-state index in [9.17, 15) is 4.79 Å². The summed E-state index contributed by atoms with van der Waals surface area (Å²) < 4.78 is 0. The molecule has 0 aliphatic heterocycles. The largest absolute Gasteiger partial charge is 0.394 e. The van der Waals surface area contributed by atoms with Gasteiger partial charge in [0, 0.05) is 12.7 Å². The molecular formula is C15H24N2O2. The summed E-state index contributed by atoms with van der Waals surface area (Å²) >= 11 is 0. The molecule has 0 spiro atoms. The molecule has 106 valence electrons. The van der Waals surface area contributed by atoms with E-state index < -0.39 is 0 Å². The zero-order valence-corrected chi connectivity index (χ0v) is 12.4. The van der Waals surface area contributed by atoms with Crippen LogP contribution in [0.3, 0.4) is 0 Å². The molecule has 4 heteroatoms. The van der Waals surface area contributed by atoms with Crippen LogP contribution in [0, 0.1) is 0 Å². The third kappa shape index (κ3) is 3.96. The summed E-state index contributed by atoms with van der Waals surface area (Å²) in [6.45, 7) is 8.08. The smallest absolute Gasteiger partial charge is 0.321 e. The Morgan fingerprint density at radius 1 is 1.37 bits per heavy atom. The maximum atomic E-state index is 12.1. The SMILES string of the molecule is CC(CO)N(C)C(=O)Nc1ccccc1C(C)(C)C. The number of hydrogen-bond acceptors (Lipinski definition) is 2.